The summed E-state index contributed by atoms with van der Waals surface area (Å²) in [6, 6.07) is 13.9. The van der Waals surface area contributed by atoms with Crippen molar-refractivity contribution in [3.05, 3.63) is 54.1 Å². The number of benzene rings is 2. The van der Waals surface area contributed by atoms with Gasteiger partial charge in [-0.1, -0.05) is 12.1 Å². The largest absolute Gasteiger partial charge is 0.497 e. The number of rotatable bonds is 6. The number of esters is 1. The summed E-state index contributed by atoms with van der Waals surface area (Å²) < 4.78 is 9.76. The first kappa shape index (κ1) is 16.4. The molecule has 2 N–H and O–H groups in total. The van der Waals surface area contributed by atoms with E-state index in [0.29, 0.717) is 22.7 Å². The van der Waals surface area contributed by atoms with Crippen LogP contribution < -0.4 is 15.4 Å². The maximum absolute atomic E-state index is 12.0. The Morgan fingerprint density at radius 2 is 1.74 bits per heavy atom. The highest BCUT2D eigenvalue weighted by atomic mass is 16.5. The molecule has 0 unspecified atom stereocenters. The monoisotopic (exact) mass is 314 g/mol. The maximum atomic E-state index is 12.0. The van der Waals surface area contributed by atoms with Gasteiger partial charge in [-0.05, 0) is 30.3 Å². The molecule has 2 rings (SSSR count). The van der Waals surface area contributed by atoms with Gasteiger partial charge in [0.1, 0.15) is 5.75 Å². The summed E-state index contributed by atoms with van der Waals surface area (Å²) in [5.41, 5.74) is 1.74. The fourth-order valence-corrected chi connectivity index (χ4v) is 1.96. The number of hydrogen-bond donors (Lipinski definition) is 2. The molecule has 0 aliphatic heterocycles. The maximum Gasteiger partial charge on any atom is 0.337 e. The Kier molecular flexibility index (Phi) is 5.57. The zero-order valence-corrected chi connectivity index (χ0v) is 13.0. The van der Waals surface area contributed by atoms with Gasteiger partial charge in [0.2, 0.25) is 5.91 Å². The lowest BCUT2D eigenvalue weighted by molar-refractivity contribution is -0.114. The van der Waals surface area contributed by atoms with Gasteiger partial charge in [0.25, 0.3) is 0 Å². The highest BCUT2D eigenvalue weighted by molar-refractivity contribution is 5.94. The molecule has 0 saturated heterocycles. The molecule has 23 heavy (non-hydrogen) atoms. The van der Waals surface area contributed by atoms with Gasteiger partial charge in [-0.3, -0.25) is 4.79 Å². The SMILES string of the molecule is COC(=O)c1cccc(NCC(=O)Nc2cccc(OC)c2)c1. The Labute approximate surface area is 134 Å². The van der Waals surface area contributed by atoms with E-state index < -0.39 is 5.97 Å². The third kappa shape index (κ3) is 4.74. The lowest BCUT2D eigenvalue weighted by Gasteiger charge is -2.09. The van der Waals surface area contributed by atoms with Crippen molar-refractivity contribution in [1.82, 2.24) is 0 Å². The van der Waals surface area contributed by atoms with Crippen LogP contribution in [0.1, 0.15) is 10.4 Å². The van der Waals surface area contributed by atoms with Crippen LogP contribution in [0, 0.1) is 0 Å². The molecule has 2 aromatic rings. The van der Waals surface area contributed by atoms with Gasteiger partial charge in [0.05, 0.1) is 26.3 Å². The summed E-state index contributed by atoms with van der Waals surface area (Å²) in [6.45, 7) is 0.0713. The van der Waals surface area contributed by atoms with Crippen LogP contribution in [-0.2, 0) is 9.53 Å². The normalized spacial score (nSPS) is 9.83. The third-order valence-electron chi connectivity index (χ3n) is 3.09. The molecule has 0 aliphatic carbocycles. The predicted molar refractivity (Wildman–Crippen MR) is 87.9 cm³/mol. The number of methoxy groups -OCH3 is 2. The summed E-state index contributed by atoms with van der Waals surface area (Å²) in [6.07, 6.45) is 0. The average Bonchev–Trinajstić information content (AvgIpc) is 2.59. The van der Waals surface area contributed by atoms with Crippen LogP contribution in [-0.4, -0.2) is 32.6 Å². The van der Waals surface area contributed by atoms with Crippen molar-refractivity contribution in [2.24, 2.45) is 0 Å². The number of hydrogen-bond acceptors (Lipinski definition) is 5. The first-order chi connectivity index (χ1) is 11.1. The Balaban J connectivity index is 1.92. The molecule has 0 bridgehead atoms. The molecule has 120 valence electrons. The smallest absolute Gasteiger partial charge is 0.337 e. The van der Waals surface area contributed by atoms with E-state index in [2.05, 4.69) is 15.4 Å². The average molecular weight is 314 g/mol. The molecule has 6 heteroatoms. The molecule has 0 saturated carbocycles. The summed E-state index contributed by atoms with van der Waals surface area (Å²) in [5.74, 6) is 0.0396. The van der Waals surface area contributed by atoms with Crippen molar-refractivity contribution in [1.29, 1.82) is 0 Å². The Hall–Kier alpha value is -3.02. The summed E-state index contributed by atoms with van der Waals surface area (Å²) >= 11 is 0. The van der Waals surface area contributed by atoms with Gasteiger partial charge in [-0.25, -0.2) is 4.79 Å². The number of amides is 1. The number of anilines is 2. The van der Waals surface area contributed by atoms with E-state index in [1.54, 1.807) is 55.6 Å². The molecule has 0 spiro atoms. The van der Waals surface area contributed by atoms with Crippen LogP contribution in [0.25, 0.3) is 0 Å². The zero-order valence-electron chi connectivity index (χ0n) is 13.0. The Bertz CT molecular complexity index is 700. The fourth-order valence-electron chi connectivity index (χ4n) is 1.96. The Morgan fingerprint density at radius 1 is 1.00 bits per heavy atom. The van der Waals surface area contributed by atoms with Crippen LogP contribution in [0.4, 0.5) is 11.4 Å². The van der Waals surface area contributed by atoms with Crippen molar-refractivity contribution in [3.8, 4) is 5.75 Å². The van der Waals surface area contributed by atoms with Gasteiger partial charge in [-0.15, -0.1) is 0 Å². The number of ether oxygens (including phenoxy) is 2. The highest BCUT2D eigenvalue weighted by Gasteiger charge is 2.07. The summed E-state index contributed by atoms with van der Waals surface area (Å²) in [4.78, 5) is 23.4. The topological polar surface area (TPSA) is 76.7 Å². The number of carbonyl (C=O) groups is 2. The molecule has 0 fully saturated rings. The van der Waals surface area contributed by atoms with Gasteiger partial charge in [0, 0.05) is 17.4 Å². The first-order valence-corrected chi connectivity index (χ1v) is 6.98. The van der Waals surface area contributed by atoms with Crippen LogP contribution >= 0.6 is 0 Å². The molecule has 0 radical (unpaired) electrons. The molecule has 2 aromatic carbocycles. The lowest BCUT2D eigenvalue weighted by atomic mass is 10.2. The second-order valence-corrected chi connectivity index (χ2v) is 4.71. The molecule has 0 heterocycles. The van der Waals surface area contributed by atoms with E-state index >= 15 is 0 Å². The standard InChI is InChI=1S/C17H18N2O4/c1-22-15-8-4-7-14(10-15)19-16(20)11-18-13-6-3-5-12(9-13)17(21)23-2/h3-10,18H,11H2,1-2H3,(H,19,20). The quantitative estimate of drug-likeness (QED) is 0.801. The van der Waals surface area contributed by atoms with Crippen molar-refractivity contribution < 1.29 is 19.1 Å². The molecular formula is C17H18N2O4. The predicted octanol–water partition coefficient (Wildman–Crippen LogP) is 2.53. The van der Waals surface area contributed by atoms with Gasteiger partial charge >= 0.3 is 5.97 Å². The number of nitrogens with one attached hydrogen (secondary N) is 2. The molecule has 6 nitrogen and oxygen atoms in total. The molecular weight excluding hydrogens is 296 g/mol. The minimum Gasteiger partial charge on any atom is -0.497 e. The number of carbonyl (C=O) groups excluding carboxylic acids is 2. The summed E-state index contributed by atoms with van der Waals surface area (Å²) in [5, 5.41) is 5.72. The minimum atomic E-state index is -0.422. The third-order valence-corrected chi connectivity index (χ3v) is 3.09. The molecule has 0 aliphatic rings. The fraction of sp³-hybridized carbons (Fsp3) is 0.176. The second kappa shape index (κ2) is 7.84. The zero-order chi connectivity index (χ0) is 16.7. The van der Waals surface area contributed by atoms with E-state index in [-0.39, 0.29) is 12.5 Å². The van der Waals surface area contributed by atoms with E-state index in [1.165, 1.54) is 7.11 Å². The van der Waals surface area contributed by atoms with Crippen molar-refractivity contribution in [3.63, 3.8) is 0 Å². The van der Waals surface area contributed by atoms with Gasteiger partial charge in [0.15, 0.2) is 0 Å². The molecule has 1 amide bonds. The van der Waals surface area contributed by atoms with Crippen LogP contribution in [0.2, 0.25) is 0 Å². The van der Waals surface area contributed by atoms with Crippen LogP contribution in [0.15, 0.2) is 48.5 Å². The molecule has 0 aromatic heterocycles. The van der Waals surface area contributed by atoms with Crippen molar-refractivity contribution in [2.75, 3.05) is 31.4 Å². The van der Waals surface area contributed by atoms with Crippen LogP contribution in [0.5, 0.6) is 5.75 Å². The van der Waals surface area contributed by atoms with E-state index in [9.17, 15) is 9.59 Å². The summed E-state index contributed by atoms with van der Waals surface area (Å²) in [7, 11) is 2.89. The first-order valence-electron chi connectivity index (χ1n) is 6.98. The molecule has 0 atom stereocenters. The van der Waals surface area contributed by atoms with Crippen molar-refractivity contribution in [2.45, 2.75) is 0 Å². The van der Waals surface area contributed by atoms with E-state index in [0.717, 1.165) is 0 Å². The van der Waals surface area contributed by atoms with Crippen LogP contribution in [0.3, 0.4) is 0 Å². The van der Waals surface area contributed by atoms with E-state index in [1.807, 2.05) is 0 Å². The highest BCUT2D eigenvalue weighted by Crippen LogP contribution is 2.16. The minimum absolute atomic E-state index is 0.0713. The van der Waals surface area contributed by atoms with E-state index in [4.69, 9.17) is 4.74 Å². The van der Waals surface area contributed by atoms with Gasteiger partial charge < -0.3 is 20.1 Å². The second-order valence-electron chi connectivity index (χ2n) is 4.71. The van der Waals surface area contributed by atoms with Gasteiger partial charge in [-0.2, -0.15) is 0 Å². The lowest BCUT2D eigenvalue weighted by Crippen LogP contribution is -2.21. The Morgan fingerprint density at radius 3 is 2.48 bits per heavy atom. The van der Waals surface area contributed by atoms with Crippen molar-refractivity contribution >= 4 is 23.3 Å².